The molecule has 4 saturated carbocycles. The molecule has 4 aliphatic carbocycles. The summed E-state index contributed by atoms with van der Waals surface area (Å²) in [5.41, 5.74) is -2.75. The van der Waals surface area contributed by atoms with E-state index < -0.39 is 11.2 Å². The van der Waals surface area contributed by atoms with E-state index in [0.29, 0.717) is 37.0 Å². The van der Waals surface area contributed by atoms with E-state index in [9.17, 15) is 19.8 Å². The van der Waals surface area contributed by atoms with Crippen LogP contribution in [0.5, 0.6) is 0 Å². The molecule has 4 fully saturated rings. The fourth-order valence-electron chi connectivity index (χ4n) is 7.86. The maximum Gasteiger partial charge on any atom is 0.161 e. The molecule has 0 aromatic heterocycles. The molecule has 26 heavy (non-hydrogen) atoms. The molecule has 0 aromatic rings. The first kappa shape index (κ1) is 18.6. The summed E-state index contributed by atoms with van der Waals surface area (Å²) in [6, 6.07) is 0. The summed E-state index contributed by atoms with van der Waals surface area (Å²) in [5.74, 6) is 1.45. The normalized spacial score (nSPS) is 52.8. The van der Waals surface area contributed by atoms with Crippen molar-refractivity contribution in [1.29, 1.82) is 0 Å². The third-order valence-corrected chi connectivity index (χ3v) is 9.48. The first-order valence-electron chi connectivity index (χ1n) is 10.4. The summed E-state index contributed by atoms with van der Waals surface area (Å²) in [6.45, 7) is 7.90. The van der Waals surface area contributed by atoms with Crippen molar-refractivity contribution >= 4 is 11.6 Å². The highest BCUT2D eigenvalue weighted by Crippen LogP contribution is 2.68. The number of ketones is 2. The Hall–Kier alpha value is -0.740. The largest absolute Gasteiger partial charge is 0.389 e. The predicted molar refractivity (Wildman–Crippen MR) is 98.4 cm³/mol. The van der Waals surface area contributed by atoms with E-state index >= 15 is 0 Å². The van der Waals surface area contributed by atoms with Crippen molar-refractivity contribution < 1.29 is 19.8 Å². The lowest BCUT2D eigenvalue weighted by Crippen LogP contribution is -2.65. The van der Waals surface area contributed by atoms with E-state index in [1.807, 2.05) is 0 Å². The van der Waals surface area contributed by atoms with Gasteiger partial charge < -0.3 is 10.2 Å². The molecule has 0 heterocycles. The first-order chi connectivity index (χ1) is 12.0. The number of Topliss-reactive ketones (excluding diaryl/α,β-unsaturated/α-hetero) is 2. The van der Waals surface area contributed by atoms with Gasteiger partial charge in [0.2, 0.25) is 0 Å². The van der Waals surface area contributed by atoms with E-state index in [2.05, 4.69) is 20.8 Å². The van der Waals surface area contributed by atoms with E-state index in [-0.39, 0.29) is 28.3 Å². The second-order valence-electron chi connectivity index (χ2n) is 10.7. The van der Waals surface area contributed by atoms with Gasteiger partial charge in [-0.25, -0.2) is 0 Å². The second kappa shape index (κ2) is 5.41. The summed E-state index contributed by atoms with van der Waals surface area (Å²) in [4.78, 5) is 24.4. The average molecular weight is 363 g/mol. The van der Waals surface area contributed by atoms with Gasteiger partial charge in [-0.15, -0.1) is 0 Å². The number of rotatable bonds is 1. The number of aliphatic hydroxyl groups is 2. The highest BCUT2D eigenvalue weighted by atomic mass is 16.3. The predicted octanol–water partition coefficient (Wildman–Crippen LogP) is 3.28. The summed E-state index contributed by atoms with van der Waals surface area (Å²) in [5, 5.41) is 22.8. The third kappa shape index (κ3) is 2.09. The Morgan fingerprint density at radius 2 is 1.69 bits per heavy atom. The molecule has 4 aliphatic rings. The van der Waals surface area contributed by atoms with Crippen molar-refractivity contribution in [2.75, 3.05) is 0 Å². The molecule has 0 spiro atoms. The van der Waals surface area contributed by atoms with Crippen LogP contribution >= 0.6 is 0 Å². The number of carbonyl (C=O) groups excluding carboxylic acids is 2. The second-order valence-corrected chi connectivity index (χ2v) is 10.7. The maximum absolute atomic E-state index is 12.3. The van der Waals surface area contributed by atoms with Crippen LogP contribution < -0.4 is 0 Å². The van der Waals surface area contributed by atoms with Crippen molar-refractivity contribution in [1.82, 2.24) is 0 Å². The standard InChI is InChI=1S/C22H34O4/c1-13(23)21(25)10-8-17-16-12-19(2,3)22(26)11-14(24)5-6-18(22)15(16)7-9-20(17,21)4/h15-18,25-26H,5-12H2,1-4H3/t15-,16+,17-,18+,20-,21-,22+/m0/s1. The third-order valence-electron chi connectivity index (χ3n) is 9.48. The molecule has 4 nitrogen and oxygen atoms in total. The molecule has 0 aliphatic heterocycles. The van der Waals surface area contributed by atoms with Gasteiger partial charge in [0.15, 0.2) is 5.78 Å². The SMILES string of the molecule is CC(=O)[C@@]1(O)CC[C@H]2[C@@H]3CC(C)(C)[C@@]4(O)CC(=O)CC[C@@H]4[C@H]3CC[C@@]21C. The maximum atomic E-state index is 12.3. The molecule has 4 rings (SSSR count). The first-order valence-corrected chi connectivity index (χ1v) is 10.4. The van der Waals surface area contributed by atoms with Gasteiger partial charge in [0.05, 0.1) is 5.60 Å². The summed E-state index contributed by atoms with van der Waals surface area (Å²) in [7, 11) is 0. The zero-order chi connectivity index (χ0) is 19.1. The Balaban J connectivity index is 1.72. The smallest absolute Gasteiger partial charge is 0.161 e. The minimum absolute atomic E-state index is 0.0872. The number of hydrogen-bond acceptors (Lipinski definition) is 4. The molecule has 146 valence electrons. The number of hydrogen-bond donors (Lipinski definition) is 2. The Morgan fingerprint density at radius 3 is 2.35 bits per heavy atom. The topological polar surface area (TPSA) is 74.6 Å². The van der Waals surface area contributed by atoms with Gasteiger partial charge in [-0.3, -0.25) is 9.59 Å². The molecular formula is C22H34O4. The average Bonchev–Trinajstić information content (AvgIpc) is 2.81. The fraction of sp³-hybridized carbons (Fsp3) is 0.909. The van der Waals surface area contributed by atoms with E-state index in [0.717, 1.165) is 32.1 Å². The molecule has 2 N–H and O–H groups in total. The molecule has 0 aromatic carbocycles. The van der Waals surface area contributed by atoms with Gasteiger partial charge in [0.25, 0.3) is 0 Å². The van der Waals surface area contributed by atoms with Crippen LogP contribution in [0.1, 0.15) is 79.1 Å². The van der Waals surface area contributed by atoms with E-state index in [1.54, 1.807) is 0 Å². The van der Waals surface area contributed by atoms with Crippen LogP contribution in [0, 0.1) is 34.5 Å². The zero-order valence-electron chi connectivity index (χ0n) is 16.7. The van der Waals surface area contributed by atoms with Gasteiger partial charge in [0.1, 0.15) is 11.4 Å². The summed E-state index contributed by atoms with van der Waals surface area (Å²) < 4.78 is 0. The molecular weight excluding hydrogens is 328 g/mol. The van der Waals surface area contributed by atoms with Crippen molar-refractivity contribution in [3.8, 4) is 0 Å². The van der Waals surface area contributed by atoms with Crippen LogP contribution in [-0.4, -0.2) is 33.0 Å². The van der Waals surface area contributed by atoms with Gasteiger partial charge in [0, 0.05) is 18.3 Å². The van der Waals surface area contributed by atoms with Crippen LogP contribution in [0.25, 0.3) is 0 Å². The highest BCUT2D eigenvalue weighted by molar-refractivity contribution is 5.86. The van der Waals surface area contributed by atoms with Gasteiger partial charge >= 0.3 is 0 Å². The zero-order valence-corrected chi connectivity index (χ0v) is 16.7. The molecule has 7 atom stereocenters. The monoisotopic (exact) mass is 362 g/mol. The molecule has 0 saturated heterocycles. The lowest BCUT2D eigenvalue weighted by atomic mass is 9.43. The van der Waals surface area contributed by atoms with Crippen molar-refractivity contribution in [3.05, 3.63) is 0 Å². The Labute approximate surface area is 156 Å². The molecule has 0 amide bonds. The van der Waals surface area contributed by atoms with Crippen LogP contribution in [0.3, 0.4) is 0 Å². The summed E-state index contributed by atoms with van der Waals surface area (Å²) >= 11 is 0. The minimum atomic E-state index is -1.19. The Kier molecular flexibility index (Phi) is 3.87. The molecule has 0 bridgehead atoms. The number of fused-ring (bicyclic) bond motifs is 5. The lowest BCUT2D eigenvalue weighted by molar-refractivity contribution is -0.221. The van der Waals surface area contributed by atoms with Gasteiger partial charge in [-0.05, 0) is 74.5 Å². The van der Waals surface area contributed by atoms with Crippen LogP contribution in [-0.2, 0) is 9.59 Å². The van der Waals surface area contributed by atoms with Crippen molar-refractivity contribution in [2.24, 2.45) is 34.5 Å². The quantitative estimate of drug-likeness (QED) is 0.751. The fourth-order valence-corrected chi connectivity index (χ4v) is 7.86. The minimum Gasteiger partial charge on any atom is -0.389 e. The highest BCUT2D eigenvalue weighted by Gasteiger charge is 2.68. The Bertz CT molecular complexity index is 655. The van der Waals surface area contributed by atoms with Gasteiger partial charge in [-0.2, -0.15) is 0 Å². The lowest BCUT2D eigenvalue weighted by Gasteiger charge is -2.63. The van der Waals surface area contributed by atoms with Gasteiger partial charge in [-0.1, -0.05) is 20.8 Å². The van der Waals surface area contributed by atoms with Crippen molar-refractivity contribution in [2.45, 2.75) is 90.3 Å². The van der Waals surface area contributed by atoms with Crippen LogP contribution in [0.15, 0.2) is 0 Å². The van der Waals surface area contributed by atoms with Crippen molar-refractivity contribution in [3.63, 3.8) is 0 Å². The number of carbonyl (C=O) groups is 2. The molecule has 0 unspecified atom stereocenters. The Morgan fingerprint density at radius 1 is 1.00 bits per heavy atom. The molecule has 0 radical (unpaired) electrons. The molecule has 4 heteroatoms. The van der Waals surface area contributed by atoms with Crippen LogP contribution in [0.4, 0.5) is 0 Å². The summed E-state index contributed by atoms with van der Waals surface area (Å²) in [6.07, 6.45) is 5.82. The van der Waals surface area contributed by atoms with E-state index in [4.69, 9.17) is 0 Å². The van der Waals surface area contributed by atoms with E-state index in [1.165, 1.54) is 6.92 Å². The van der Waals surface area contributed by atoms with Crippen LogP contribution in [0.2, 0.25) is 0 Å².